The minimum Gasteiger partial charge on any atom is -0.338 e. The molecule has 0 radical (unpaired) electrons. The number of benzene rings is 2. The molecule has 162 valence electrons. The lowest BCUT2D eigenvalue weighted by Crippen LogP contribution is -2.43. The number of aromatic nitrogens is 1. The monoisotopic (exact) mass is 477 g/mol. The van der Waals surface area contributed by atoms with Gasteiger partial charge in [-0.05, 0) is 55.3 Å². The highest BCUT2D eigenvalue weighted by Gasteiger charge is 2.29. The Kier molecular flexibility index (Phi) is 6.00. The highest BCUT2D eigenvalue weighted by molar-refractivity contribution is 7.90. The molecule has 0 saturated carbocycles. The molecule has 1 aromatic heterocycles. The highest BCUT2D eigenvalue weighted by atomic mass is 35.5. The van der Waals surface area contributed by atoms with Crippen molar-refractivity contribution in [3.63, 3.8) is 0 Å². The van der Waals surface area contributed by atoms with Crippen molar-refractivity contribution >= 4 is 59.9 Å². The van der Waals surface area contributed by atoms with E-state index < -0.39 is 9.84 Å². The third kappa shape index (κ3) is 4.89. The van der Waals surface area contributed by atoms with Crippen LogP contribution < -0.4 is 5.32 Å². The van der Waals surface area contributed by atoms with Crippen LogP contribution in [0.2, 0.25) is 5.02 Å². The van der Waals surface area contributed by atoms with Gasteiger partial charge in [0.25, 0.3) is 5.91 Å². The van der Waals surface area contributed by atoms with Gasteiger partial charge in [-0.15, -0.1) is 0 Å². The fraction of sp³-hybridized carbons (Fsp3) is 0.286. The number of hydrogen-bond acceptors (Lipinski definition) is 6. The van der Waals surface area contributed by atoms with Crippen molar-refractivity contribution in [1.82, 2.24) is 9.88 Å². The van der Waals surface area contributed by atoms with Crippen molar-refractivity contribution in [1.29, 1.82) is 0 Å². The topological polar surface area (TPSA) is 96.4 Å². The number of nitrogens with zero attached hydrogens (tertiary/aromatic N) is 2. The van der Waals surface area contributed by atoms with Gasteiger partial charge in [-0.25, -0.2) is 13.4 Å². The molecule has 31 heavy (non-hydrogen) atoms. The number of hydrogen-bond donors (Lipinski definition) is 1. The van der Waals surface area contributed by atoms with Crippen molar-refractivity contribution in [2.24, 2.45) is 5.92 Å². The summed E-state index contributed by atoms with van der Waals surface area (Å²) in [5, 5.41) is 3.80. The first-order valence-corrected chi connectivity index (χ1v) is 12.8. The van der Waals surface area contributed by atoms with E-state index in [1.54, 1.807) is 41.3 Å². The predicted molar refractivity (Wildman–Crippen MR) is 121 cm³/mol. The fourth-order valence-corrected chi connectivity index (χ4v) is 5.30. The van der Waals surface area contributed by atoms with E-state index in [-0.39, 0.29) is 22.6 Å². The lowest BCUT2D eigenvalue weighted by atomic mass is 9.96. The molecule has 2 aromatic carbocycles. The van der Waals surface area contributed by atoms with Gasteiger partial charge in [0.1, 0.15) is 0 Å². The summed E-state index contributed by atoms with van der Waals surface area (Å²) in [6, 6.07) is 11.4. The summed E-state index contributed by atoms with van der Waals surface area (Å²) in [6.07, 6.45) is 2.56. The molecule has 1 aliphatic rings. The van der Waals surface area contributed by atoms with E-state index in [0.717, 1.165) is 12.7 Å². The predicted octanol–water partition coefficient (Wildman–Crippen LogP) is 3.84. The van der Waals surface area contributed by atoms with Crippen LogP contribution in [0.3, 0.4) is 0 Å². The second-order valence-electron chi connectivity index (χ2n) is 7.51. The number of carbonyl (C=O) groups is 2. The molecule has 10 heteroatoms. The Morgan fingerprint density at radius 3 is 2.65 bits per heavy atom. The zero-order chi connectivity index (χ0) is 22.2. The maximum atomic E-state index is 12.8. The molecule has 1 fully saturated rings. The van der Waals surface area contributed by atoms with E-state index in [0.29, 0.717) is 45.4 Å². The van der Waals surface area contributed by atoms with Gasteiger partial charge in [0.15, 0.2) is 15.0 Å². The quantitative estimate of drug-likeness (QED) is 0.615. The number of piperidine rings is 1. The van der Waals surface area contributed by atoms with Crippen LogP contribution in [0, 0.1) is 5.92 Å². The third-order valence-electron chi connectivity index (χ3n) is 5.19. The Balaban J connectivity index is 1.45. The van der Waals surface area contributed by atoms with E-state index >= 15 is 0 Å². The Morgan fingerprint density at radius 1 is 1.19 bits per heavy atom. The number of anilines is 1. The third-order valence-corrected chi connectivity index (χ3v) is 7.48. The van der Waals surface area contributed by atoms with Gasteiger partial charge in [0.05, 0.1) is 21.0 Å². The van der Waals surface area contributed by atoms with Gasteiger partial charge >= 0.3 is 0 Å². The van der Waals surface area contributed by atoms with Gasteiger partial charge < -0.3 is 10.2 Å². The summed E-state index contributed by atoms with van der Waals surface area (Å²) in [5.41, 5.74) is 1.16. The fourth-order valence-electron chi connectivity index (χ4n) is 3.55. The first kappa shape index (κ1) is 21.7. The van der Waals surface area contributed by atoms with Crippen molar-refractivity contribution < 1.29 is 18.0 Å². The summed E-state index contributed by atoms with van der Waals surface area (Å²) < 4.78 is 24.2. The highest BCUT2D eigenvalue weighted by Crippen LogP contribution is 2.29. The van der Waals surface area contributed by atoms with Crippen molar-refractivity contribution in [2.45, 2.75) is 17.7 Å². The van der Waals surface area contributed by atoms with Crippen LogP contribution in [0.15, 0.2) is 47.4 Å². The Morgan fingerprint density at radius 2 is 1.94 bits per heavy atom. The molecule has 7 nitrogen and oxygen atoms in total. The molecule has 0 unspecified atom stereocenters. The molecule has 0 aliphatic carbocycles. The van der Waals surface area contributed by atoms with Gasteiger partial charge in [-0.2, -0.15) is 0 Å². The van der Waals surface area contributed by atoms with Crippen molar-refractivity contribution in [3.05, 3.63) is 53.1 Å². The number of carbonyl (C=O) groups excluding carboxylic acids is 2. The normalized spacial score (nSPS) is 17.0. The SMILES string of the molecule is CS(=O)(=O)c1ccc2nc(NC(=O)[C@H]3CCCN(C(=O)c4ccc(Cl)cc4)C3)sc2c1. The second kappa shape index (κ2) is 8.57. The number of likely N-dealkylation sites (tertiary alicyclic amines) is 1. The smallest absolute Gasteiger partial charge is 0.253 e. The molecular weight excluding hydrogens is 458 g/mol. The van der Waals surface area contributed by atoms with Crippen LogP contribution in [0.5, 0.6) is 0 Å². The van der Waals surface area contributed by atoms with Gasteiger partial charge in [-0.3, -0.25) is 9.59 Å². The molecule has 2 amide bonds. The molecule has 1 atom stereocenters. The Bertz CT molecular complexity index is 1260. The number of thiazole rings is 1. The molecule has 0 bridgehead atoms. The minimum atomic E-state index is -3.32. The van der Waals surface area contributed by atoms with E-state index in [1.165, 1.54) is 17.4 Å². The number of halogens is 1. The number of fused-ring (bicyclic) bond motifs is 1. The summed E-state index contributed by atoms with van der Waals surface area (Å²) >= 11 is 7.12. The molecule has 3 aromatic rings. The summed E-state index contributed by atoms with van der Waals surface area (Å²) in [5.74, 6) is -0.665. The first-order valence-electron chi connectivity index (χ1n) is 9.67. The minimum absolute atomic E-state index is 0.123. The van der Waals surface area contributed by atoms with E-state index in [9.17, 15) is 18.0 Å². The zero-order valence-corrected chi connectivity index (χ0v) is 19.1. The number of amides is 2. The van der Waals surface area contributed by atoms with Crippen LogP contribution in [0.25, 0.3) is 10.2 Å². The molecule has 1 aliphatic heterocycles. The van der Waals surface area contributed by atoms with Crippen LogP contribution in [0.1, 0.15) is 23.2 Å². The standard InChI is InChI=1S/C21H20ClN3O4S2/c1-31(28,29)16-8-9-17-18(11-16)30-21(23-17)24-19(26)14-3-2-10-25(12-14)20(27)13-4-6-15(22)7-5-13/h4-9,11,14H,2-3,10,12H2,1H3,(H,23,24,26)/t14-/m0/s1. The Hall–Kier alpha value is -2.49. The second-order valence-corrected chi connectivity index (χ2v) is 11.0. The van der Waals surface area contributed by atoms with Crippen molar-refractivity contribution in [2.75, 3.05) is 24.7 Å². The largest absolute Gasteiger partial charge is 0.338 e. The summed E-state index contributed by atoms with van der Waals surface area (Å²) in [4.78, 5) is 31.9. The number of rotatable bonds is 4. The van der Waals surface area contributed by atoms with Gasteiger partial charge in [0.2, 0.25) is 5.91 Å². The van der Waals surface area contributed by atoms with Gasteiger partial charge in [-0.1, -0.05) is 22.9 Å². The summed E-state index contributed by atoms with van der Waals surface area (Å²) in [6.45, 7) is 0.928. The molecule has 1 saturated heterocycles. The van der Waals surface area contributed by atoms with Crippen LogP contribution in [-0.2, 0) is 14.6 Å². The molecule has 4 rings (SSSR count). The van der Waals surface area contributed by atoms with E-state index in [4.69, 9.17) is 11.6 Å². The molecule has 1 N–H and O–H groups in total. The average Bonchev–Trinajstić information content (AvgIpc) is 3.14. The maximum Gasteiger partial charge on any atom is 0.253 e. The summed E-state index contributed by atoms with van der Waals surface area (Å²) in [7, 11) is -3.32. The van der Waals surface area contributed by atoms with Gasteiger partial charge in [0, 0.05) is 29.9 Å². The zero-order valence-electron chi connectivity index (χ0n) is 16.7. The lowest BCUT2D eigenvalue weighted by molar-refractivity contribution is -0.121. The lowest BCUT2D eigenvalue weighted by Gasteiger charge is -2.32. The molecule has 2 heterocycles. The van der Waals surface area contributed by atoms with Crippen LogP contribution in [-0.4, -0.2) is 49.5 Å². The van der Waals surface area contributed by atoms with Crippen molar-refractivity contribution in [3.8, 4) is 0 Å². The van der Waals surface area contributed by atoms with Crippen LogP contribution >= 0.6 is 22.9 Å². The number of nitrogens with one attached hydrogen (secondary N) is 1. The van der Waals surface area contributed by atoms with E-state index in [1.807, 2.05) is 0 Å². The average molecular weight is 478 g/mol. The van der Waals surface area contributed by atoms with Crippen LogP contribution in [0.4, 0.5) is 5.13 Å². The molecule has 0 spiro atoms. The Labute approximate surface area is 189 Å². The van der Waals surface area contributed by atoms with E-state index in [2.05, 4.69) is 10.3 Å². The molecular formula is C21H20ClN3O4S2. The first-order chi connectivity index (χ1) is 14.7. The number of sulfone groups is 1. The maximum absolute atomic E-state index is 12.8.